The van der Waals surface area contributed by atoms with E-state index in [2.05, 4.69) is 118 Å². The van der Waals surface area contributed by atoms with Gasteiger partial charge in [0.05, 0.1) is 0 Å². The molecule has 0 radical (unpaired) electrons. The van der Waals surface area contributed by atoms with E-state index in [4.69, 9.17) is 14.2 Å². The van der Waals surface area contributed by atoms with Crippen LogP contribution in [-0.4, -0.2) is 37.2 Å². The van der Waals surface area contributed by atoms with E-state index in [9.17, 15) is 14.4 Å². The third kappa shape index (κ3) is 69.0. The topological polar surface area (TPSA) is 78.9 Å². The summed E-state index contributed by atoms with van der Waals surface area (Å²) in [6, 6.07) is 0. The standard InChI is InChI=1S/C77H134O6/c1-4-7-10-13-16-19-22-25-28-30-32-33-34-35-36-37-38-39-40-41-42-43-45-46-49-52-55-58-61-64-67-70-76(79)82-73-74(72-81-75(78)69-66-63-60-57-54-51-48-27-24-21-18-15-12-9-6-3)83-77(80)71-68-65-62-59-56-53-50-47-44-31-29-26-23-20-17-14-11-8-5-2/h9,12,18,21-22,25-27,29-30,32,34-35,48,54,57,74H,4-8,10-11,13-17,19-20,23-24,28,31,33,36-47,49-53,55-56,58-73H2,1-3H3/b12-9-,21-18-,25-22-,29-26-,32-30-,35-34-,48-27-,57-54-. The molecule has 0 rings (SSSR count). The third-order valence-corrected chi connectivity index (χ3v) is 15.5. The predicted octanol–water partition coefficient (Wildman–Crippen LogP) is 24.8. The summed E-state index contributed by atoms with van der Waals surface area (Å²) in [6.45, 7) is 6.51. The first-order chi connectivity index (χ1) is 41.0. The van der Waals surface area contributed by atoms with Gasteiger partial charge in [0.15, 0.2) is 6.10 Å². The second kappa shape index (κ2) is 70.8. The summed E-state index contributed by atoms with van der Waals surface area (Å²) in [6.07, 6.45) is 95.9. The van der Waals surface area contributed by atoms with Gasteiger partial charge in [0.1, 0.15) is 13.2 Å². The molecule has 83 heavy (non-hydrogen) atoms. The van der Waals surface area contributed by atoms with Crippen molar-refractivity contribution in [2.45, 2.75) is 361 Å². The van der Waals surface area contributed by atoms with Crippen molar-refractivity contribution in [3.63, 3.8) is 0 Å². The van der Waals surface area contributed by atoms with Gasteiger partial charge in [-0.2, -0.15) is 0 Å². The zero-order valence-electron chi connectivity index (χ0n) is 54.9. The van der Waals surface area contributed by atoms with Gasteiger partial charge in [-0.25, -0.2) is 0 Å². The number of esters is 3. The first kappa shape index (κ1) is 79.3. The molecule has 0 bridgehead atoms. The number of unbranched alkanes of at least 4 members (excludes halogenated alkanes) is 38. The van der Waals surface area contributed by atoms with E-state index in [0.717, 1.165) is 96.3 Å². The smallest absolute Gasteiger partial charge is 0.306 e. The Morgan fingerprint density at radius 1 is 0.253 bits per heavy atom. The minimum Gasteiger partial charge on any atom is -0.462 e. The fourth-order valence-electron chi connectivity index (χ4n) is 10.2. The Morgan fingerprint density at radius 2 is 0.470 bits per heavy atom. The molecular formula is C77H134O6. The average Bonchev–Trinajstić information content (AvgIpc) is 3.50. The van der Waals surface area contributed by atoms with Crippen LogP contribution in [0.3, 0.4) is 0 Å². The molecule has 0 fully saturated rings. The lowest BCUT2D eigenvalue weighted by Crippen LogP contribution is -2.30. The Balaban J connectivity index is 4.27. The van der Waals surface area contributed by atoms with Crippen LogP contribution in [0.2, 0.25) is 0 Å². The molecular weight excluding hydrogens is 1020 g/mol. The third-order valence-electron chi connectivity index (χ3n) is 15.5. The SMILES string of the molecule is CC/C=C\C/C=C\C/C=C\C/C=C\CCCCC(=O)OCC(COC(=O)CCCCCCCCCCCCCCCCCC/C=C\C/C=C\C/C=C\CCCCCCC)OC(=O)CCCCCCCCCCC/C=C\CCCCCCCC. The summed E-state index contributed by atoms with van der Waals surface area (Å²) in [5.41, 5.74) is 0. The molecule has 1 unspecified atom stereocenters. The van der Waals surface area contributed by atoms with Crippen molar-refractivity contribution in [2.75, 3.05) is 13.2 Å². The van der Waals surface area contributed by atoms with Gasteiger partial charge in [-0.05, 0) is 122 Å². The molecule has 6 nitrogen and oxygen atoms in total. The molecule has 0 aromatic rings. The molecule has 0 aliphatic carbocycles. The van der Waals surface area contributed by atoms with E-state index in [1.54, 1.807) is 0 Å². The van der Waals surface area contributed by atoms with Crippen LogP contribution in [0.5, 0.6) is 0 Å². The van der Waals surface area contributed by atoms with E-state index in [1.165, 1.54) is 218 Å². The van der Waals surface area contributed by atoms with Crippen LogP contribution in [0.1, 0.15) is 355 Å². The molecule has 0 heterocycles. The van der Waals surface area contributed by atoms with Crippen molar-refractivity contribution in [2.24, 2.45) is 0 Å². The van der Waals surface area contributed by atoms with E-state index in [-0.39, 0.29) is 31.1 Å². The highest BCUT2D eigenvalue weighted by Gasteiger charge is 2.19. The summed E-state index contributed by atoms with van der Waals surface area (Å²) >= 11 is 0. The Kier molecular flexibility index (Phi) is 67.7. The summed E-state index contributed by atoms with van der Waals surface area (Å²) in [5.74, 6) is -0.919. The van der Waals surface area contributed by atoms with Gasteiger partial charge in [0.2, 0.25) is 0 Å². The number of hydrogen-bond donors (Lipinski definition) is 0. The first-order valence-corrected chi connectivity index (χ1v) is 35.7. The molecule has 6 heteroatoms. The normalized spacial score (nSPS) is 12.7. The second-order valence-corrected chi connectivity index (χ2v) is 23.8. The zero-order chi connectivity index (χ0) is 59.9. The number of rotatable bonds is 65. The molecule has 0 saturated carbocycles. The summed E-state index contributed by atoms with van der Waals surface area (Å²) in [5, 5.41) is 0. The largest absolute Gasteiger partial charge is 0.462 e. The highest BCUT2D eigenvalue weighted by atomic mass is 16.6. The van der Waals surface area contributed by atoms with Gasteiger partial charge in [0, 0.05) is 19.3 Å². The van der Waals surface area contributed by atoms with Crippen LogP contribution in [0.4, 0.5) is 0 Å². The maximum absolute atomic E-state index is 12.9. The quantitative estimate of drug-likeness (QED) is 0.0261. The highest BCUT2D eigenvalue weighted by molar-refractivity contribution is 5.71. The van der Waals surface area contributed by atoms with Crippen LogP contribution in [-0.2, 0) is 28.6 Å². The number of carbonyl (C=O) groups is 3. The average molecular weight is 1160 g/mol. The lowest BCUT2D eigenvalue weighted by molar-refractivity contribution is -0.167. The van der Waals surface area contributed by atoms with E-state index in [0.29, 0.717) is 19.3 Å². The molecule has 0 saturated heterocycles. The predicted molar refractivity (Wildman–Crippen MR) is 362 cm³/mol. The van der Waals surface area contributed by atoms with Crippen molar-refractivity contribution in [1.82, 2.24) is 0 Å². The molecule has 478 valence electrons. The maximum Gasteiger partial charge on any atom is 0.306 e. The van der Waals surface area contributed by atoms with Crippen molar-refractivity contribution in [3.05, 3.63) is 97.2 Å². The van der Waals surface area contributed by atoms with Gasteiger partial charge in [-0.1, -0.05) is 311 Å². The Labute approximate surface area is 515 Å². The Hall–Kier alpha value is -3.67. The Morgan fingerprint density at radius 3 is 0.771 bits per heavy atom. The van der Waals surface area contributed by atoms with Gasteiger partial charge in [-0.3, -0.25) is 14.4 Å². The van der Waals surface area contributed by atoms with Gasteiger partial charge in [0.25, 0.3) is 0 Å². The van der Waals surface area contributed by atoms with Gasteiger partial charge < -0.3 is 14.2 Å². The van der Waals surface area contributed by atoms with Crippen LogP contribution in [0, 0.1) is 0 Å². The molecule has 0 aromatic heterocycles. The van der Waals surface area contributed by atoms with Gasteiger partial charge in [-0.15, -0.1) is 0 Å². The summed E-state index contributed by atoms with van der Waals surface area (Å²) < 4.78 is 16.9. The molecule has 0 amide bonds. The van der Waals surface area contributed by atoms with Crippen LogP contribution < -0.4 is 0 Å². The second-order valence-electron chi connectivity index (χ2n) is 23.8. The van der Waals surface area contributed by atoms with E-state index >= 15 is 0 Å². The van der Waals surface area contributed by atoms with Crippen LogP contribution in [0.15, 0.2) is 97.2 Å². The Bertz CT molecular complexity index is 1610. The van der Waals surface area contributed by atoms with Crippen molar-refractivity contribution in [1.29, 1.82) is 0 Å². The molecule has 0 spiro atoms. The lowest BCUT2D eigenvalue weighted by Gasteiger charge is -2.18. The first-order valence-electron chi connectivity index (χ1n) is 35.7. The van der Waals surface area contributed by atoms with Crippen LogP contribution in [0.25, 0.3) is 0 Å². The van der Waals surface area contributed by atoms with Crippen LogP contribution >= 0.6 is 0 Å². The molecule has 0 aliphatic heterocycles. The number of allylic oxidation sites excluding steroid dienone is 16. The minimum absolute atomic E-state index is 0.0893. The zero-order valence-corrected chi connectivity index (χ0v) is 54.9. The van der Waals surface area contributed by atoms with Gasteiger partial charge >= 0.3 is 17.9 Å². The van der Waals surface area contributed by atoms with Crippen molar-refractivity contribution >= 4 is 17.9 Å². The fourth-order valence-corrected chi connectivity index (χ4v) is 10.2. The van der Waals surface area contributed by atoms with Crippen molar-refractivity contribution in [3.8, 4) is 0 Å². The molecule has 0 N–H and O–H groups in total. The fraction of sp³-hybridized carbons (Fsp3) is 0.753. The molecule has 0 aliphatic rings. The molecule has 0 aromatic carbocycles. The number of ether oxygens (including phenoxy) is 3. The number of carbonyl (C=O) groups excluding carboxylic acids is 3. The lowest BCUT2D eigenvalue weighted by atomic mass is 10.0. The monoisotopic (exact) mass is 1160 g/mol. The summed E-state index contributed by atoms with van der Waals surface area (Å²) in [4.78, 5) is 38.4. The summed E-state index contributed by atoms with van der Waals surface area (Å²) in [7, 11) is 0. The molecule has 1 atom stereocenters. The maximum atomic E-state index is 12.9. The van der Waals surface area contributed by atoms with E-state index < -0.39 is 6.10 Å². The van der Waals surface area contributed by atoms with E-state index in [1.807, 2.05) is 0 Å². The highest BCUT2D eigenvalue weighted by Crippen LogP contribution is 2.17. The number of hydrogen-bond acceptors (Lipinski definition) is 6. The van der Waals surface area contributed by atoms with Crippen molar-refractivity contribution < 1.29 is 28.6 Å². The minimum atomic E-state index is -0.797.